The van der Waals surface area contributed by atoms with E-state index >= 15 is 0 Å². The summed E-state index contributed by atoms with van der Waals surface area (Å²) in [6.45, 7) is 5.45. The Morgan fingerprint density at radius 3 is 2.19 bits per heavy atom. The number of halogens is 1. The molecule has 0 bridgehead atoms. The van der Waals surface area contributed by atoms with Crippen LogP contribution < -0.4 is 10.1 Å². The van der Waals surface area contributed by atoms with Gasteiger partial charge in [-0.05, 0) is 43.2 Å². The van der Waals surface area contributed by atoms with Crippen LogP contribution in [0.25, 0.3) is 0 Å². The second-order valence-electron chi connectivity index (χ2n) is 6.52. The molecule has 0 heterocycles. The SMILES string of the molecule is COc1ccc(C(=O)N[C@H](C(=O)O[C@H](C)c2ccccc2Cl)C(C)C)cc1. The molecule has 27 heavy (non-hydrogen) atoms. The standard InChI is InChI=1S/C21H24ClNO4/c1-13(2)19(23-20(24)15-9-11-16(26-4)12-10-15)21(25)27-14(3)17-7-5-6-8-18(17)22/h5-14,19H,1-4H3,(H,23,24)/t14-,19+/m1/s1. The van der Waals surface area contributed by atoms with Gasteiger partial charge in [-0.1, -0.05) is 43.6 Å². The van der Waals surface area contributed by atoms with Crippen LogP contribution in [0.4, 0.5) is 0 Å². The van der Waals surface area contributed by atoms with E-state index < -0.39 is 18.1 Å². The van der Waals surface area contributed by atoms with Crippen LogP contribution in [-0.2, 0) is 9.53 Å². The van der Waals surface area contributed by atoms with Crippen LogP contribution >= 0.6 is 11.6 Å². The maximum atomic E-state index is 12.6. The molecule has 0 spiro atoms. The lowest BCUT2D eigenvalue weighted by Crippen LogP contribution is -2.45. The highest BCUT2D eigenvalue weighted by molar-refractivity contribution is 6.31. The van der Waals surface area contributed by atoms with Crippen molar-refractivity contribution in [3.8, 4) is 5.75 Å². The maximum absolute atomic E-state index is 12.6. The highest BCUT2D eigenvalue weighted by atomic mass is 35.5. The lowest BCUT2D eigenvalue weighted by molar-refractivity contribution is -0.152. The van der Waals surface area contributed by atoms with E-state index in [4.69, 9.17) is 21.1 Å². The summed E-state index contributed by atoms with van der Waals surface area (Å²) in [5, 5.41) is 3.28. The van der Waals surface area contributed by atoms with Gasteiger partial charge in [0.2, 0.25) is 0 Å². The predicted molar refractivity (Wildman–Crippen MR) is 105 cm³/mol. The Bertz CT molecular complexity index is 789. The first-order valence-electron chi connectivity index (χ1n) is 8.73. The van der Waals surface area contributed by atoms with Gasteiger partial charge in [-0.3, -0.25) is 4.79 Å². The molecule has 0 aliphatic carbocycles. The van der Waals surface area contributed by atoms with Crippen LogP contribution in [0.3, 0.4) is 0 Å². The number of ether oxygens (including phenoxy) is 2. The van der Waals surface area contributed by atoms with Gasteiger partial charge in [0.25, 0.3) is 5.91 Å². The molecular weight excluding hydrogens is 366 g/mol. The first-order valence-corrected chi connectivity index (χ1v) is 9.11. The third-order valence-corrected chi connectivity index (χ3v) is 4.54. The molecule has 2 aromatic carbocycles. The molecule has 2 atom stereocenters. The Hall–Kier alpha value is -2.53. The van der Waals surface area contributed by atoms with E-state index in [1.165, 1.54) is 0 Å². The summed E-state index contributed by atoms with van der Waals surface area (Å²) < 4.78 is 10.6. The number of nitrogens with one attached hydrogen (secondary N) is 1. The van der Waals surface area contributed by atoms with Gasteiger partial charge < -0.3 is 14.8 Å². The molecule has 1 amide bonds. The molecule has 0 saturated carbocycles. The molecule has 2 aromatic rings. The Kier molecular flexibility index (Phi) is 7.25. The fraction of sp³-hybridized carbons (Fsp3) is 0.333. The minimum Gasteiger partial charge on any atom is -0.497 e. The molecule has 0 aromatic heterocycles. The zero-order chi connectivity index (χ0) is 20.0. The van der Waals surface area contributed by atoms with Crippen molar-refractivity contribution >= 4 is 23.5 Å². The van der Waals surface area contributed by atoms with E-state index in [1.54, 1.807) is 50.4 Å². The number of hydrogen-bond acceptors (Lipinski definition) is 4. The fourth-order valence-corrected chi connectivity index (χ4v) is 2.87. The number of benzene rings is 2. The Morgan fingerprint density at radius 1 is 1.00 bits per heavy atom. The number of amides is 1. The third-order valence-electron chi connectivity index (χ3n) is 4.20. The summed E-state index contributed by atoms with van der Waals surface area (Å²) in [5.74, 6) is -0.337. The first kappa shape index (κ1) is 20.8. The van der Waals surface area contributed by atoms with Crippen LogP contribution in [-0.4, -0.2) is 25.0 Å². The molecule has 0 aliphatic heterocycles. The van der Waals surface area contributed by atoms with Gasteiger partial charge in [-0.15, -0.1) is 0 Å². The molecule has 0 fully saturated rings. The topological polar surface area (TPSA) is 64.6 Å². The van der Waals surface area contributed by atoms with Crippen LogP contribution in [0.2, 0.25) is 5.02 Å². The second kappa shape index (κ2) is 9.42. The average Bonchev–Trinajstić information content (AvgIpc) is 2.65. The van der Waals surface area contributed by atoms with Crippen LogP contribution in [0.5, 0.6) is 5.75 Å². The van der Waals surface area contributed by atoms with Gasteiger partial charge in [0, 0.05) is 16.1 Å². The quantitative estimate of drug-likeness (QED) is 0.712. The highest BCUT2D eigenvalue weighted by Crippen LogP contribution is 2.25. The van der Waals surface area contributed by atoms with E-state index in [9.17, 15) is 9.59 Å². The summed E-state index contributed by atoms with van der Waals surface area (Å²) in [6, 6.07) is 13.1. The summed E-state index contributed by atoms with van der Waals surface area (Å²) >= 11 is 6.16. The highest BCUT2D eigenvalue weighted by Gasteiger charge is 2.28. The predicted octanol–water partition coefficient (Wildman–Crippen LogP) is 4.41. The minimum absolute atomic E-state index is 0.141. The van der Waals surface area contributed by atoms with E-state index in [2.05, 4.69) is 5.32 Å². The largest absolute Gasteiger partial charge is 0.497 e. The molecule has 0 radical (unpaired) electrons. The van der Waals surface area contributed by atoms with E-state index in [1.807, 2.05) is 26.0 Å². The zero-order valence-corrected chi connectivity index (χ0v) is 16.6. The second-order valence-corrected chi connectivity index (χ2v) is 6.93. The maximum Gasteiger partial charge on any atom is 0.329 e. The minimum atomic E-state index is -0.774. The summed E-state index contributed by atoms with van der Waals surface area (Å²) in [6.07, 6.45) is -0.523. The van der Waals surface area contributed by atoms with Crippen molar-refractivity contribution in [1.29, 1.82) is 0 Å². The lowest BCUT2D eigenvalue weighted by Gasteiger charge is -2.23. The van der Waals surface area contributed by atoms with Crippen LogP contribution in [0.1, 0.15) is 42.8 Å². The fourth-order valence-electron chi connectivity index (χ4n) is 2.58. The zero-order valence-electron chi connectivity index (χ0n) is 15.9. The number of carbonyl (C=O) groups is 2. The molecule has 0 unspecified atom stereocenters. The molecule has 2 rings (SSSR count). The Labute approximate surface area is 164 Å². The molecule has 0 aliphatic rings. The van der Waals surface area contributed by atoms with Gasteiger partial charge in [0.1, 0.15) is 17.9 Å². The van der Waals surface area contributed by atoms with Gasteiger partial charge in [-0.2, -0.15) is 0 Å². The number of hydrogen-bond donors (Lipinski definition) is 1. The number of methoxy groups -OCH3 is 1. The third kappa shape index (κ3) is 5.47. The summed E-state index contributed by atoms with van der Waals surface area (Å²) in [7, 11) is 1.56. The monoisotopic (exact) mass is 389 g/mol. The molecule has 5 nitrogen and oxygen atoms in total. The first-order chi connectivity index (χ1) is 12.8. The smallest absolute Gasteiger partial charge is 0.329 e. The number of carbonyl (C=O) groups excluding carboxylic acids is 2. The average molecular weight is 390 g/mol. The van der Waals surface area contributed by atoms with E-state index in [0.29, 0.717) is 16.3 Å². The number of rotatable bonds is 7. The van der Waals surface area contributed by atoms with Crippen LogP contribution in [0, 0.1) is 5.92 Å². The van der Waals surface area contributed by atoms with Crippen molar-refractivity contribution in [3.05, 3.63) is 64.7 Å². The van der Waals surface area contributed by atoms with Gasteiger partial charge in [-0.25, -0.2) is 4.79 Å². The van der Waals surface area contributed by atoms with E-state index in [-0.39, 0.29) is 11.8 Å². The summed E-state index contributed by atoms with van der Waals surface area (Å²) in [4.78, 5) is 25.1. The van der Waals surface area contributed by atoms with Crippen LogP contribution in [0.15, 0.2) is 48.5 Å². The van der Waals surface area contributed by atoms with Crippen molar-refractivity contribution in [2.75, 3.05) is 7.11 Å². The van der Waals surface area contributed by atoms with Crippen molar-refractivity contribution < 1.29 is 19.1 Å². The summed E-state index contributed by atoms with van der Waals surface area (Å²) in [5.41, 5.74) is 1.16. The van der Waals surface area contributed by atoms with Gasteiger partial charge in [0.05, 0.1) is 7.11 Å². The number of esters is 1. The van der Waals surface area contributed by atoms with Gasteiger partial charge in [0.15, 0.2) is 0 Å². The van der Waals surface area contributed by atoms with Crippen molar-refractivity contribution in [2.45, 2.75) is 32.9 Å². The molecular formula is C21H24ClNO4. The van der Waals surface area contributed by atoms with E-state index in [0.717, 1.165) is 5.56 Å². The normalized spacial score (nSPS) is 13.0. The molecule has 0 saturated heterocycles. The van der Waals surface area contributed by atoms with Crippen molar-refractivity contribution in [2.24, 2.45) is 5.92 Å². The van der Waals surface area contributed by atoms with Gasteiger partial charge >= 0.3 is 5.97 Å². The van der Waals surface area contributed by atoms with Crippen molar-refractivity contribution in [3.63, 3.8) is 0 Å². The molecule has 6 heteroatoms. The lowest BCUT2D eigenvalue weighted by atomic mass is 10.0. The Morgan fingerprint density at radius 2 is 1.63 bits per heavy atom. The molecule has 1 N–H and O–H groups in total. The molecule has 144 valence electrons. The van der Waals surface area contributed by atoms with Crippen molar-refractivity contribution in [1.82, 2.24) is 5.32 Å². The Balaban J connectivity index is 2.08.